The molecule has 0 saturated heterocycles. The summed E-state index contributed by atoms with van der Waals surface area (Å²) >= 11 is 0. The highest BCUT2D eigenvalue weighted by Crippen LogP contribution is 2.28. The van der Waals surface area contributed by atoms with E-state index in [2.05, 4.69) is 15.3 Å². The van der Waals surface area contributed by atoms with Crippen LogP contribution in [-0.4, -0.2) is 16.1 Å². The molecule has 0 bridgehead atoms. The van der Waals surface area contributed by atoms with Crippen LogP contribution in [-0.2, 0) is 11.3 Å². The Bertz CT molecular complexity index is 1130. The van der Waals surface area contributed by atoms with E-state index in [0.29, 0.717) is 17.2 Å². The first kappa shape index (κ1) is 19.1. The molecule has 1 N–H and O–H groups in total. The molecule has 0 aliphatic carbocycles. The van der Waals surface area contributed by atoms with Gasteiger partial charge in [0, 0.05) is 18.3 Å². The van der Waals surface area contributed by atoms with Gasteiger partial charge in [-0.25, -0.2) is 14.2 Å². The van der Waals surface area contributed by atoms with E-state index < -0.39 is 11.9 Å². The number of carbonyl (C=O) groups is 1. The summed E-state index contributed by atoms with van der Waals surface area (Å²) in [6.45, 7) is 0.0883. The van der Waals surface area contributed by atoms with Crippen LogP contribution < -0.4 is 10.1 Å². The van der Waals surface area contributed by atoms with Gasteiger partial charge >= 0.3 is 6.09 Å². The number of oxazole rings is 1. The number of anilines is 1. The summed E-state index contributed by atoms with van der Waals surface area (Å²) < 4.78 is 30.4. The fourth-order valence-corrected chi connectivity index (χ4v) is 2.62. The smallest absolute Gasteiger partial charge is 0.412 e. The SMILES string of the molecule is O=C(Nc1ccc(Oc2ccnc(-c3cnco3)c2)cc1F)OCc1ccccc1. The summed E-state index contributed by atoms with van der Waals surface area (Å²) in [5.74, 6) is 0.526. The van der Waals surface area contributed by atoms with Crippen LogP contribution in [0.3, 0.4) is 0 Å². The lowest BCUT2D eigenvalue weighted by molar-refractivity contribution is 0.155. The van der Waals surface area contributed by atoms with E-state index in [4.69, 9.17) is 13.9 Å². The number of nitrogens with zero attached hydrogens (tertiary/aromatic N) is 2. The van der Waals surface area contributed by atoms with Crippen LogP contribution >= 0.6 is 0 Å². The number of amides is 1. The zero-order valence-electron chi connectivity index (χ0n) is 15.6. The number of pyridine rings is 1. The predicted octanol–water partition coefficient (Wildman–Crippen LogP) is 5.42. The molecule has 4 aromatic rings. The van der Waals surface area contributed by atoms with Crippen molar-refractivity contribution >= 4 is 11.8 Å². The second-order valence-corrected chi connectivity index (χ2v) is 6.17. The highest BCUT2D eigenvalue weighted by molar-refractivity contribution is 5.84. The molecular formula is C22H16FN3O4. The maximum atomic E-state index is 14.4. The number of nitrogens with one attached hydrogen (secondary N) is 1. The van der Waals surface area contributed by atoms with Crippen molar-refractivity contribution in [2.45, 2.75) is 6.61 Å². The van der Waals surface area contributed by atoms with Crippen molar-refractivity contribution in [1.29, 1.82) is 0 Å². The van der Waals surface area contributed by atoms with E-state index >= 15 is 0 Å². The molecule has 2 aromatic carbocycles. The maximum absolute atomic E-state index is 14.4. The molecule has 0 radical (unpaired) electrons. The minimum absolute atomic E-state index is 0.0162. The van der Waals surface area contributed by atoms with Crippen LogP contribution in [0.25, 0.3) is 11.5 Å². The van der Waals surface area contributed by atoms with Crippen LogP contribution in [0.4, 0.5) is 14.9 Å². The zero-order valence-corrected chi connectivity index (χ0v) is 15.6. The molecule has 2 heterocycles. The molecule has 0 saturated carbocycles. The Labute approximate surface area is 171 Å². The molecule has 7 nitrogen and oxygen atoms in total. The van der Waals surface area contributed by atoms with E-state index in [9.17, 15) is 9.18 Å². The van der Waals surface area contributed by atoms with Crippen molar-refractivity contribution in [3.8, 4) is 23.0 Å². The van der Waals surface area contributed by atoms with Gasteiger partial charge in [0.1, 0.15) is 23.8 Å². The standard InChI is InChI=1S/C22H16FN3O4/c23-18-10-16(30-17-8-9-25-20(11-17)21-12-24-14-29-21)6-7-19(18)26-22(27)28-13-15-4-2-1-3-5-15/h1-12,14H,13H2,(H,26,27). The van der Waals surface area contributed by atoms with Crippen LogP contribution in [0, 0.1) is 5.82 Å². The zero-order chi connectivity index (χ0) is 20.8. The predicted molar refractivity (Wildman–Crippen MR) is 106 cm³/mol. The van der Waals surface area contributed by atoms with Crippen molar-refractivity contribution in [2.24, 2.45) is 0 Å². The lowest BCUT2D eigenvalue weighted by Crippen LogP contribution is -2.14. The van der Waals surface area contributed by atoms with Crippen LogP contribution in [0.1, 0.15) is 5.56 Å². The van der Waals surface area contributed by atoms with Gasteiger partial charge in [-0.05, 0) is 23.8 Å². The van der Waals surface area contributed by atoms with Gasteiger partial charge in [0.05, 0.1) is 11.9 Å². The first-order valence-electron chi connectivity index (χ1n) is 8.97. The largest absolute Gasteiger partial charge is 0.457 e. The number of carbonyl (C=O) groups excluding carboxylic acids is 1. The summed E-state index contributed by atoms with van der Waals surface area (Å²) in [7, 11) is 0. The van der Waals surface area contributed by atoms with E-state index in [1.165, 1.54) is 30.8 Å². The van der Waals surface area contributed by atoms with Crippen molar-refractivity contribution < 1.29 is 23.1 Å². The summed E-state index contributed by atoms with van der Waals surface area (Å²) in [5.41, 5.74) is 1.35. The number of hydrogen-bond acceptors (Lipinski definition) is 6. The molecule has 0 aliphatic rings. The third kappa shape index (κ3) is 4.79. The number of aromatic nitrogens is 2. The highest BCUT2D eigenvalue weighted by atomic mass is 19.1. The van der Waals surface area contributed by atoms with Crippen LogP contribution in [0.2, 0.25) is 0 Å². The van der Waals surface area contributed by atoms with Gasteiger partial charge in [-0.2, -0.15) is 0 Å². The van der Waals surface area contributed by atoms with Crippen LogP contribution in [0.5, 0.6) is 11.5 Å². The molecule has 4 rings (SSSR count). The third-order valence-electron chi connectivity index (χ3n) is 4.04. The third-order valence-corrected chi connectivity index (χ3v) is 4.04. The molecule has 0 aliphatic heterocycles. The number of ether oxygens (including phenoxy) is 2. The van der Waals surface area contributed by atoms with Crippen molar-refractivity contribution in [1.82, 2.24) is 9.97 Å². The molecule has 0 spiro atoms. The average Bonchev–Trinajstić information content (AvgIpc) is 3.30. The van der Waals surface area contributed by atoms with Gasteiger partial charge in [-0.15, -0.1) is 0 Å². The van der Waals surface area contributed by atoms with E-state index in [1.807, 2.05) is 30.3 Å². The van der Waals surface area contributed by atoms with Crippen molar-refractivity contribution in [2.75, 3.05) is 5.32 Å². The van der Waals surface area contributed by atoms with Gasteiger partial charge in [0.15, 0.2) is 18.0 Å². The Kier molecular flexibility index (Phi) is 5.66. The first-order valence-corrected chi connectivity index (χ1v) is 8.97. The number of hydrogen-bond donors (Lipinski definition) is 1. The van der Waals surface area contributed by atoms with Gasteiger partial charge in [0.2, 0.25) is 0 Å². The second-order valence-electron chi connectivity index (χ2n) is 6.17. The lowest BCUT2D eigenvalue weighted by Gasteiger charge is -2.10. The minimum Gasteiger partial charge on any atom is -0.457 e. The highest BCUT2D eigenvalue weighted by Gasteiger charge is 2.11. The topological polar surface area (TPSA) is 86.5 Å². The number of halogens is 1. The fourth-order valence-electron chi connectivity index (χ4n) is 2.62. The Morgan fingerprint density at radius 3 is 2.67 bits per heavy atom. The summed E-state index contributed by atoms with van der Waals surface area (Å²) in [6, 6.07) is 16.6. The van der Waals surface area contributed by atoms with Crippen molar-refractivity contribution in [3.63, 3.8) is 0 Å². The Morgan fingerprint density at radius 2 is 1.90 bits per heavy atom. The maximum Gasteiger partial charge on any atom is 0.412 e. The van der Waals surface area contributed by atoms with Gasteiger partial charge in [-0.3, -0.25) is 10.3 Å². The van der Waals surface area contributed by atoms with Gasteiger partial charge < -0.3 is 13.9 Å². The fraction of sp³-hybridized carbons (Fsp3) is 0.0455. The lowest BCUT2D eigenvalue weighted by atomic mass is 10.2. The molecule has 0 unspecified atom stereocenters. The van der Waals surface area contributed by atoms with E-state index in [-0.39, 0.29) is 18.0 Å². The first-order chi connectivity index (χ1) is 14.7. The minimum atomic E-state index is -0.753. The van der Waals surface area contributed by atoms with Gasteiger partial charge in [-0.1, -0.05) is 30.3 Å². The molecule has 1 amide bonds. The quantitative estimate of drug-likeness (QED) is 0.461. The molecule has 0 atom stereocenters. The normalized spacial score (nSPS) is 10.4. The Morgan fingerprint density at radius 1 is 1.07 bits per heavy atom. The Balaban J connectivity index is 1.38. The second kappa shape index (κ2) is 8.87. The van der Waals surface area contributed by atoms with Gasteiger partial charge in [0.25, 0.3) is 0 Å². The molecular weight excluding hydrogens is 389 g/mol. The summed E-state index contributed by atoms with van der Waals surface area (Å²) in [5, 5.41) is 2.38. The number of rotatable bonds is 6. The molecule has 0 fully saturated rings. The van der Waals surface area contributed by atoms with E-state index in [1.54, 1.807) is 18.3 Å². The monoisotopic (exact) mass is 405 g/mol. The van der Waals surface area contributed by atoms with Crippen molar-refractivity contribution in [3.05, 3.63) is 90.8 Å². The average molecular weight is 405 g/mol. The molecule has 2 aromatic heterocycles. The Hall–Kier alpha value is -4.20. The summed E-state index contributed by atoms with van der Waals surface area (Å²) in [4.78, 5) is 19.9. The molecule has 8 heteroatoms. The molecule has 150 valence electrons. The molecule has 30 heavy (non-hydrogen) atoms. The summed E-state index contributed by atoms with van der Waals surface area (Å²) in [6.07, 6.45) is 3.62. The van der Waals surface area contributed by atoms with Crippen LogP contribution in [0.15, 0.2) is 83.9 Å². The van der Waals surface area contributed by atoms with E-state index in [0.717, 1.165) is 5.56 Å². The number of benzene rings is 2.